The van der Waals surface area contributed by atoms with Gasteiger partial charge in [-0.05, 0) is 49.1 Å². The van der Waals surface area contributed by atoms with Crippen LogP contribution in [0.3, 0.4) is 0 Å². The Labute approximate surface area is 188 Å². The molecule has 0 bridgehead atoms. The minimum atomic E-state index is -0.323. The number of esters is 1. The largest absolute Gasteiger partial charge is 0.495 e. The fourth-order valence-electron chi connectivity index (χ4n) is 4.61. The molecule has 0 aliphatic carbocycles. The monoisotopic (exact) mass is 437 g/mol. The number of nitriles is 1. The maximum absolute atomic E-state index is 14.3. The molecule has 6 nitrogen and oxygen atoms in total. The van der Waals surface area contributed by atoms with Crippen molar-refractivity contribution in [2.24, 2.45) is 0 Å². The van der Waals surface area contributed by atoms with E-state index in [4.69, 9.17) is 9.47 Å². The zero-order valence-electron chi connectivity index (χ0n) is 18.6. The van der Waals surface area contributed by atoms with Crippen LogP contribution in [0.25, 0.3) is 0 Å². The van der Waals surface area contributed by atoms with E-state index in [-0.39, 0.29) is 11.8 Å². The van der Waals surface area contributed by atoms with Crippen LogP contribution in [0.4, 0.5) is 4.39 Å². The van der Waals surface area contributed by atoms with Crippen molar-refractivity contribution in [2.75, 3.05) is 46.4 Å². The van der Waals surface area contributed by atoms with Gasteiger partial charge in [-0.1, -0.05) is 6.07 Å². The number of hydrogen-bond acceptors (Lipinski definition) is 6. The van der Waals surface area contributed by atoms with E-state index < -0.39 is 0 Å². The van der Waals surface area contributed by atoms with Crippen LogP contribution in [-0.4, -0.2) is 62.1 Å². The number of carbonyl (C=O) groups is 1. The quantitative estimate of drug-likeness (QED) is 0.621. The van der Waals surface area contributed by atoms with Gasteiger partial charge in [-0.3, -0.25) is 0 Å². The van der Waals surface area contributed by atoms with Crippen molar-refractivity contribution in [3.8, 4) is 11.8 Å². The number of ether oxygens (including phenoxy) is 2. The first-order valence-corrected chi connectivity index (χ1v) is 11.0. The normalized spacial score (nSPS) is 16.5. The first-order chi connectivity index (χ1) is 15.5. The van der Waals surface area contributed by atoms with Gasteiger partial charge >= 0.3 is 5.97 Å². The van der Waals surface area contributed by atoms with Gasteiger partial charge in [0.2, 0.25) is 0 Å². The van der Waals surface area contributed by atoms with Crippen molar-refractivity contribution in [1.29, 1.82) is 5.26 Å². The van der Waals surface area contributed by atoms with Gasteiger partial charge in [0.25, 0.3) is 0 Å². The molecule has 2 aliphatic rings. The molecule has 1 fully saturated rings. The molecule has 0 unspecified atom stereocenters. The molecule has 2 aromatic rings. The van der Waals surface area contributed by atoms with Crippen LogP contribution in [0.2, 0.25) is 0 Å². The highest BCUT2D eigenvalue weighted by molar-refractivity contribution is 5.93. The molecule has 0 N–H and O–H groups in total. The van der Waals surface area contributed by atoms with Crippen molar-refractivity contribution < 1.29 is 18.7 Å². The smallest absolute Gasteiger partial charge is 0.338 e. The van der Waals surface area contributed by atoms with Crippen LogP contribution in [0.5, 0.6) is 5.75 Å². The van der Waals surface area contributed by atoms with Gasteiger partial charge in [0, 0.05) is 50.4 Å². The highest BCUT2D eigenvalue weighted by atomic mass is 19.1. The Morgan fingerprint density at radius 1 is 1.09 bits per heavy atom. The van der Waals surface area contributed by atoms with E-state index in [1.807, 2.05) is 12.1 Å². The second-order valence-corrected chi connectivity index (χ2v) is 8.35. The molecule has 32 heavy (non-hydrogen) atoms. The second kappa shape index (κ2) is 9.68. The number of piperazine rings is 1. The predicted octanol–water partition coefficient (Wildman–Crippen LogP) is 3.09. The summed E-state index contributed by atoms with van der Waals surface area (Å²) in [7, 11) is 1.48. The molecule has 2 heterocycles. The van der Waals surface area contributed by atoms with E-state index in [0.717, 1.165) is 51.3 Å². The highest BCUT2D eigenvalue weighted by Gasteiger charge is 2.24. The molecule has 2 aliphatic heterocycles. The van der Waals surface area contributed by atoms with Gasteiger partial charge in [0.15, 0.2) is 0 Å². The SMILES string of the molecule is COc1c(C#N)ccc(F)c1CCN1CCN(CCc2ccc3c(c2C)COC3=O)CC1. The minimum absolute atomic E-state index is 0.220. The van der Waals surface area contributed by atoms with Crippen molar-refractivity contribution in [1.82, 2.24) is 9.80 Å². The molecule has 4 rings (SSSR count). The Balaban J connectivity index is 1.28. The standard InChI is InChI=1S/C25H28FN3O3/c1-17-18(3-5-20-22(17)16-32-25(20)30)7-9-28-11-13-29(14-12-28)10-8-21-23(26)6-4-19(15-27)24(21)31-2/h3-6H,7-14,16H2,1-2H3. The lowest BCUT2D eigenvalue weighted by molar-refractivity contribution is 0.0535. The van der Waals surface area contributed by atoms with E-state index in [1.165, 1.54) is 30.4 Å². The summed E-state index contributed by atoms with van der Waals surface area (Å²) in [5, 5.41) is 9.23. The third-order valence-electron chi connectivity index (χ3n) is 6.65. The number of methoxy groups -OCH3 is 1. The highest BCUT2D eigenvalue weighted by Crippen LogP contribution is 2.28. The van der Waals surface area contributed by atoms with Crippen molar-refractivity contribution in [3.63, 3.8) is 0 Å². The first kappa shape index (κ1) is 22.3. The summed E-state index contributed by atoms with van der Waals surface area (Å²) in [4.78, 5) is 16.5. The van der Waals surface area contributed by atoms with Gasteiger partial charge in [-0.2, -0.15) is 5.26 Å². The summed E-state index contributed by atoms with van der Waals surface area (Å²) in [5.74, 6) is -0.193. The molecule has 0 spiro atoms. The van der Waals surface area contributed by atoms with Crippen LogP contribution in [0, 0.1) is 24.1 Å². The molecule has 0 saturated carbocycles. The Morgan fingerprint density at radius 2 is 1.78 bits per heavy atom. The maximum Gasteiger partial charge on any atom is 0.338 e. The predicted molar refractivity (Wildman–Crippen MR) is 118 cm³/mol. The van der Waals surface area contributed by atoms with Crippen molar-refractivity contribution in [2.45, 2.75) is 26.4 Å². The van der Waals surface area contributed by atoms with E-state index in [9.17, 15) is 14.4 Å². The average molecular weight is 438 g/mol. The molecule has 0 radical (unpaired) electrons. The van der Waals surface area contributed by atoms with E-state index in [2.05, 4.69) is 22.8 Å². The van der Waals surface area contributed by atoms with E-state index in [0.29, 0.717) is 35.5 Å². The Hall–Kier alpha value is -2.95. The molecule has 0 aromatic heterocycles. The summed E-state index contributed by atoms with van der Waals surface area (Å²) in [6, 6.07) is 8.81. The zero-order valence-corrected chi connectivity index (χ0v) is 18.6. The van der Waals surface area contributed by atoms with Crippen LogP contribution in [0.15, 0.2) is 24.3 Å². The molecule has 0 atom stereocenters. The van der Waals surface area contributed by atoms with Crippen LogP contribution < -0.4 is 4.74 Å². The summed E-state index contributed by atoms with van der Waals surface area (Å²) in [6.45, 7) is 7.93. The molecule has 2 aromatic carbocycles. The second-order valence-electron chi connectivity index (χ2n) is 8.35. The summed E-state index contributed by atoms with van der Waals surface area (Å²) < 4.78 is 24.8. The zero-order chi connectivity index (χ0) is 22.7. The number of hydrogen-bond donors (Lipinski definition) is 0. The summed E-state index contributed by atoms with van der Waals surface area (Å²) in [5.41, 5.74) is 5.01. The number of carbonyl (C=O) groups excluding carboxylic acids is 1. The number of rotatable bonds is 7. The topological polar surface area (TPSA) is 65.8 Å². The van der Waals surface area contributed by atoms with Crippen molar-refractivity contribution in [3.05, 3.63) is 63.5 Å². The molecule has 1 saturated heterocycles. The van der Waals surface area contributed by atoms with Gasteiger partial charge in [-0.15, -0.1) is 0 Å². The summed E-state index contributed by atoms with van der Waals surface area (Å²) in [6.07, 6.45) is 1.45. The third kappa shape index (κ3) is 4.47. The van der Waals surface area contributed by atoms with Crippen LogP contribution in [-0.2, 0) is 24.2 Å². The lowest BCUT2D eigenvalue weighted by Crippen LogP contribution is -2.47. The average Bonchev–Trinajstić information content (AvgIpc) is 3.19. The molecule has 168 valence electrons. The fourth-order valence-corrected chi connectivity index (χ4v) is 4.61. The molecule has 0 amide bonds. The van der Waals surface area contributed by atoms with Gasteiger partial charge in [0.05, 0.1) is 18.2 Å². The van der Waals surface area contributed by atoms with Crippen molar-refractivity contribution >= 4 is 5.97 Å². The van der Waals surface area contributed by atoms with E-state index in [1.54, 1.807) is 0 Å². The fraction of sp³-hybridized carbons (Fsp3) is 0.440. The Kier molecular flexibility index (Phi) is 6.73. The van der Waals surface area contributed by atoms with Crippen LogP contribution >= 0.6 is 0 Å². The lowest BCUT2D eigenvalue weighted by atomic mass is 9.96. The van der Waals surface area contributed by atoms with E-state index >= 15 is 0 Å². The lowest BCUT2D eigenvalue weighted by Gasteiger charge is -2.35. The van der Waals surface area contributed by atoms with Gasteiger partial charge < -0.3 is 19.3 Å². The minimum Gasteiger partial charge on any atom is -0.495 e. The third-order valence-corrected chi connectivity index (χ3v) is 6.65. The van der Waals surface area contributed by atoms with Gasteiger partial charge in [0.1, 0.15) is 24.2 Å². The summed E-state index contributed by atoms with van der Waals surface area (Å²) >= 11 is 0. The Morgan fingerprint density at radius 3 is 2.44 bits per heavy atom. The molecular weight excluding hydrogens is 409 g/mol. The molecular formula is C25H28FN3O3. The number of nitrogens with zero attached hydrogens (tertiary/aromatic N) is 3. The first-order valence-electron chi connectivity index (χ1n) is 11.0. The van der Waals surface area contributed by atoms with Crippen LogP contribution in [0.1, 0.15) is 38.2 Å². The number of fused-ring (bicyclic) bond motifs is 1. The number of benzene rings is 2. The number of cyclic esters (lactones) is 1. The maximum atomic E-state index is 14.3. The molecule has 7 heteroatoms. The number of halogens is 1. The van der Waals surface area contributed by atoms with Gasteiger partial charge in [-0.25, -0.2) is 9.18 Å². The Bertz CT molecular complexity index is 1060.